The standard InChI is InChI=1S/C44H34O4/c1-27-13-5-9-17-33(27)39-23-31(24-40(47-39)34-18-10-6-14-28(34)2)21-37-43(45)38(44(37)46)22-32-25-41(35-19-11-7-15-29(35)3)48-42(26-32)36-20-12-8-16-30(36)4/h5-26H,1-4H3. The van der Waals surface area contributed by atoms with Crippen molar-refractivity contribution in [1.29, 1.82) is 0 Å². The molecule has 0 N–H and O–H groups in total. The van der Waals surface area contributed by atoms with Gasteiger partial charge in [0.05, 0.1) is 23.3 Å². The average Bonchev–Trinajstić information content (AvgIpc) is 3.10. The molecule has 2 heterocycles. The summed E-state index contributed by atoms with van der Waals surface area (Å²) in [7, 11) is 0. The van der Waals surface area contributed by atoms with Gasteiger partial charge in [0.25, 0.3) is 0 Å². The Kier molecular flexibility index (Phi) is 8.08. The maximum atomic E-state index is 13.6. The van der Waals surface area contributed by atoms with Gasteiger partial charge in [-0.1, -0.05) is 90.7 Å². The van der Waals surface area contributed by atoms with Crippen LogP contribution in [0, 0.1) is 27.7 Å². The molecule has 0 unspecified atom stereocenters. The molecule has 4 nitrogen and oxygen atoms in total. The summed E-state index contributed by atoms with van der Waals surface area (Å²) in [6, 6.07) is 35.8. The SMILES string of the molecule is Cc1ccccc1C1=CC(=CC2=C([O-])C(=Cc3cc(-c4ccccc4C)[o+]c(-c4ccccc4C)c3)C2=O)C=C(c2ccccc2C)O1. The van der Waals surface area contributed by atoms with E-state index in [9.17, 15) is 9.90 Å². The summed E-state index contributed by atoms with van der Waals surface area (Å²) in [5.74, 6) is 2.08. The number of aryl methyl sites for hydroxylation is 4. The number of Topliss-reactive ketones (excluding diaryl/α,β-unsaturated/α-hetero) is 1. The van der Waals surface area contributed by atoms with Gasteiger partial charge < -0.3 is 9.84 Å². The largest absolute Gasteiger partial charge is 0.871 e. The van der Waals surface area contributed by atoms with E-state index in [-0.39, 0.29) is 22.7 Å². The predicted molar refractivity (Wildman–Crippen MR) is 191 cm³/mol. The zero-order valence-corrected chi connectivity index (χ0v) is 27.3. The number of carbonyl (C=O) groups excluding carboxylic acids is 1. The Labute approximate surface area is 281 Å². The summed E-state index contributed by atoms with van der Waals surface area (Å²) < 4.78 is 12.9. The molecule has 48 heavy (non-hydrogen) atoms. The highest BCUT2D eigenvalue weighted by molar-refractivity contribution is 6.23. The number of allylic oxidation sites excluding steroid dienone is 6. The van der Waals surface area contributed by atoms with Crippen molar-refractivity contribution in [3.05, 3.63) is 189 Å². The van der Waals surface area contributed by atoms with Crippen LogP contribution in [0.2, 0.25) is 0 Å². The summed E-state index contributed by atoms with van der Waals surface area (Å²) in [5, 5.41) is 13.6. The number of rotatable bonds is 6. The van der Waals surface area contributed by atoms with E-state index < -0.39 is 0 Å². The lowest BCUT2D eigenvalue weighted by Gasteiger charge is -2.29. The fourth-order valence-electron chi connectivity index (χ4n) is 6.17. The van der Waals surface area contributed by atoms with Gasteiger partial charge in [0.2, 0.25) is 0 Å². The summed E-state index contributed by atoms with van der Waals surface area (Å²) in [5.41, 5.74) is 9.78. The first-order valence-electron chi connectivity index (χ1n) is 16.0. The minimum Gasteiger partial charge on any atom is -0.871 e. The summed E-state index contributed by atoms with van der Waals surface area (Å²) in [4.78, 5) is 13.6. The van der Waals surface area contributed by atoms with Crippen molar-refractivity contribution in [3.63, 3.8) is 0 Å². The molecule has 0 saturated carbocycles. The van der Waals surface area contributed by atoms with Crippen molar-refractivity contribution in [1.82, 2.24) is 0 Å². The molecule has 7 rings (SSSR count). The molecule has 0 spiro atoms. The highest BCUT2D eigenvalue weighted by atomic mass is 16.5. The minimum atomic E-state index is -0.286. The predicted octanol–water partition coefficient (Wildman–Crippen LogP) is 9.75. The summed E-state index contributed by atoms with van der Waals surface area (Å²) in [6.45, 7) is 8.13. The number of ether oxygens (including phenoxy) is 1. The molecule has 0 radical (unpaired) electrons. The molecule has 4 aromatic carbocycles. The van der Waals surface area contributed by atoms with Crippen LogP contribution in [0.15, 0.2) is 154 Å². The third-order valence-corrected chi connectivity index (χ3v) is 8.87. The third-order valence-electron chi connectivity index (χ3n) is 8.87. The Balaban J connectivity index is 1.31. The first-order valence-corrected chi connectivity index (χ1v) is 16.0. The molecule has 0 saturated heterocycles. The molecule has 0 bridgehead atoms. The third kappa shape index (κ3) is 5.85. The maximum Gasteiger partial charge on any atom is 0.361 e. The van der Waals surface area contributed by atoms with Gasteiger partial charge in [0.15, 0.2) is 5.78 Å². The fraction of sp³-hybridized carbons (Fsp3) is 0.0909. The Morgan fingerprint density at radius 1 is 0.583 bits per heavy atom. The van der Waals surface area contributed by atoms with E-state index in [0.29, 0.717) is 23.0 Å². The van der Waals surface area contributed by atoms with Crippen molar-refractivity contribution in [2.24, 2.45) is 0 Å². The second kappa shape index (κ2) is 12.7. The van der Waals surface area contributed by atoms with Crippen LogP contribution in [0.25, 0.3) is 40.2 Å². The normalized spacial score (nSPS) is 15.1. The summed E-state index contributed by atoms with van der Waals surface area (Å²) >= 11 is 0. The quantitative estimate of drug-likeness (QED) is 0.139. The molecule has 2 aliphatic rings. The molecule has 1 aliphatic carbocycles. The molecule has 0 amide bonds. The van der Waals surface area contributed by atoms with Crippen LogP contribution in [-0.2, 0) is 9.53 Å². The first kappa shape index (κ1) is 30.6. The lowest BCUT2D eigenvalue weighted by atomic mass is 9.85. The number of carbonyl (C=O) groups is 1. The van der Waals surface area contributed by atoms with Crippen LogP contribution in [-0.4, -0.2) is 5.78 Å². The molecular formula is C44H34O4. The number of ketones is 1. The Hall–Kier alpha value is -6.00. The van der Waals surface area contributed by atoms with Gasteiger partial charge in [-0.25, -0.2) is 4.42 Å². The monoisotopic (exact) mass is 626 g/mol. The van der Waals surface area contributed by atoms with Gasteiger partial charge in [-0.15, -0.1) is 0 Å². The fourth-order valence-corrected chi connectivity index (χ4v) is 6.17. The Bertz CT molecular complexity index is 2150. The minimum absolute atomic E-state index is 0.151. The van der Waals surface area contributed by atoms with E-state index in [1.165, 1.54) is 0 Å². The Morgan fingerprint density at radius 2 is 1.00 bits per heavy atom. The summed E-state index contributed by atoms with van der Waals surface area (Å²) in [6.07, 6.45) is 7.14. The highest BCUT2D eigenvalue weighted by Crippen LogP contribution is 2.38. The van der Waals surface area contributed by atoms with Crippen molar-refractivity contribution < 1.29 is 19.1 Å². The van der Waals surface area contributed by atoms with E-state index in [4.69, 9.17) is 9.15 Å². The van der Waals surface area contributed by atoms with Crippen LogP contribution in [0.4, 0.5) is 0 Å². The van der Waals surface area contributed by atoms with Crippen LogP contribution in [0.5, 0.6) is 0 Å². The van der Waals surface area contributed by atoms with E-state index in [2.05, 4.69) is 0 Å². The molecular weight excluding hydrogens is 592 g/mol. The second-order valence-electron chi connectivity index (χ2n) is 12.3. The van der Waals surface area contributed by atoms with Crippen LogP contribution >= 0.6 is 0 Å². The van der Waals surface area contributed by atoms with E-state index in [1.807, 2.05) is 149 Å². The lowest BCUT2D eigenvalue weighted by Crippen LogP contribution is -2.29. The van der Waals surface area contributed by atoms with Crippen molar-refractivity contribution in [2.75, 3.05) is 0 Å². The number of benzene rings is 4. The second-order valence-corrected chi connectivity index (χ2v) is 12.3. The molecule has 1 aliphatic heterocycles. The first-order chi connectivity index (χ1) is 23.3. The van der Waals surface area contributed by atoms with E-state index in [1.54, 1.807) is 12.2 Å². The van der Waals surface area contributed by atoms with Gasteiger partial charge in [-0.3, -0.25) is 4.79 Å². The zero-order valence-electron chi connectivity index (χ0n) is 27.3. The zero-order chi connectivity index (χ0) is 33.4. The number of hydrogen-bond acceptors (Lipinski definition) is 3. The molecule has 0 fully saturated rings. The number of hydrogen-bond donors (Lipinski definition) is 0. The molecule has 5 aromatic rings. The smallest absolute Gasteiger partial charge is 0.361 e. The van der Waals surface area contributed by atoms with Gasteiger partial charge in [0.1, 0.15) is 11.5 Å². The lowest BCUT2D eigenvalue weighted by molar-refractivity contribution is -0.300. The van der Waals surface area contributed by atoms with Gasteiger partial charge in [-0.05, 0) is 97.5 Å². The van der Waals surface area contributed by atoms with Crippen molar-refractivity contribution in [3.8, 4) is 22.6 Å². The van der Waals surface area contributed by atoms with Crippen LogP contribution < -0.4 is 5.11 Å². The molecule has 4 heteroatoms. The molecule has 1 aromatic heterocycles. The van der Waals surface area contributed by atoms with Crippen molar-refractivity contribution in [2.45, 2.75) is 27.7 Å². The molecule has 0 atom stereocenters. The van der Waals surface area contributed by atoms with Gasteiger partial charge in [0, 0.05) is 22.3 Å². The molecule has 234 valence electrons. The van der Waals surface area contributed by atoms with Crippen molar-refractivity contribution >= 4 is 23.4 Å². The average molecular weight is 627 g/mol. The Morgan fingerprint density at radius 3 is 1.42 bits per heavy atom. The van der Waals surface area contributed by atoms with E-state index >= 15 is 0 Å². The van der Waals surface area contributed by atoms with Gasteiger partial charge >= 0.3 is 11.5 Å². The van der Waals surface area contributed by atoms with Crippen LogP contribution in [0.1, 0.15) is 38.9 Å². The van der Waals surface area contributed by atoms with Crippen LogP contribution in [0.3, 0.4) is 0 Å². The van der Waals surface area contributed by atoms with Gasteiger partial charge in [-0.2, -0.15) is 0 Å². The topological polar surface area (TPSA) is 60.7 Å². The highest BCUT2D eigenvalue weighted by Gasteiger charge is 2.28. The van der Waals surface area contributed by atoms with E-state index in [0.717, 1.165) is 55.6 Å². The maximum absolute atomic E-state index is 13.6.